The second-order valence-corrected chi connectivity index (χ2v) is 6.19. The van der Waals surface area contributed by atoms with Crippen molar-refractivity contribution in [1.29, 1.82) is 0 Å². The van der Waals surface area contributed by atoms with Gasteiger partial charge in [0, 0.05) is 50.0 Å². The molecular formula is C17H24N6O. The number of amides is 2. The number of carbonyl (C=O) groups is 1. The summed E-state index contributed by atoms with van der Waals surface area (Å²) >= 11 is 0. The van der Waals surface area contributed by atoms with Crippen LogP contribution < -0.4 is 15.5 Å². The summed E-state index contributed by atoms with van der Waals surface area (Å²) in [6.45, 7) is 4.23. The quantitative estimate of drug-likeness (QED) is 0.894. The summed E-state index contributed by atoms with van der Waals surface area (Å²) in [5.74, 6) is 0.726. The smallest absolute Gasteiger partial charge is 0.315 e. The van der Waals surface area contributed by atoms with Gasteiger partial charge in [-0.15, -0.1) is 0 Å². The maximum Gasteiger partial charge on any atom is 0.315 e. The monoisotopic (exact) mass is 328 g/mol. The van der Waals surface area contributed by atoms with E-state index in [2.05, 4.69) is 30.1 Å². The van der Waals surface area contributed by atoms with E-state index in [0.717, 1.165) is 37.6 Å². The van der Waals surface area contributed by atoms with Crippen LogP contribution in [0.2, 0.25) is 0 Å². The Balaban J connectivity index is 1.50. The van der Waals surface area contributed by atoms with Gasteiger partial charge in [-0.1, -0.05) is 0 Å². The van der Waals surface area contributed by atoms with Crippen molar-refractivity contribution in [3.63, 3.8) is 0 Å². The van der Waals surface area contributed by atoms with Crippen LogP contribution in [-0.2, 0) is 13.6 Å². The Bertz CT molecular complexity index is 684. The molecule has 0 aromatic carbocycles. The molecular weight excluding hydrogens is 304 g/mol. The van der Waals surface area contributed by atoms with Gasteiger partial charge in [-0.2, -0.15) is 0 Å². The molecule has 1 fully saturated rings. The molecule has 0 aliphatic carbocycles. The Morgan fingerprint density at radius 1 is 1.33 bits per heavy atom. The first-order valence-corrected chi connectivity index (χ1v) is 8.31. The zero-order valence-electron chi connectivity index (χ0n) is 14.2. The lowest BCUT2D eigenvalue weighted by atomic mass is 10.1. The highest BCUT2D eigenvalue weighted by molar-refractivity contribution is 5.74. The first kappa shape index (κ1) is 16.3. The van der Waals surface area contributed by atoms with Crippen LogP contribution in [0.25, 0.3) is 0 Å². The van der Waals surface area contributed by atoms with Crippen LogP contribution in [0, 0.1) is 6.92 Å². The maximum absolute atomic E-state index is 12.2. The zero-order chi connectivity index (χ0) is 16.9. The van der Waals surface area contributed by atoms with Crippen LogP contribution in [0.5, 0.6) is 0 Å². The molecule has 2 aromatic heterocycles. The molecule has 1 atom stereocenters. The van der Waals surface area contributed by atoms with Gasteiger partial charge < -0.3 is 20.1 Å². The molecule has 0 unspecified atom stereocenters. The Kier molecular flexibility index (Phi) is 4.98. The molecule has 3 rings (SSSR count). The number of nitrogens with one attached hydrogen (secondary N) is 2. The van der Waals surface area contributed by atoms with Gasteiger partial charge in [0.05, 0.1) is 6.54 Å². The topological polar surface area (TPSA) is 75.1 Å². The Labute approximate surface area is 142 Å². The lowest BCUT2D eigenvalue weighted by molar-refractivity contribution is 0.234. The van der Waals surface area contributed by atoms with Gasteiger partial charge in [-0.25, -0.2) is 14.8 Å². The highest BCUT2D eigenvalue weighted by Gasteiger charge is 2.22. The van der Waals surface area contributed by atoms with Crippen LogP contribution >= 0.6 is 0 Å². The van der Waals surface area contributed by atoms with Crippen molar-refractivity contribution in [2.45, 2.75) is 32.4 Å². The molecule has 1 saturated heterocycles. The van der Waals surface area contributed by atoms with Crippen LogP contribution in [0.15, 0.2) is 30.6 Å². The van der Waals surface area contributed by atoms with E-state index in [1.165, 1.54) is 5.69 Å². The molecule has 0 saturated carbocycles. The minimum atomic E-state index is -0.130. The fourth-order valence-corrected chi connectivity index (χ4v) is 2.98. The molecule has 0 spiro atoms. The van der Waals surface area contributed by atoms with Crippen molar-refractivity contribution in [3.05, 3.63) is 42.0 Å². The number of piperidine rings is 1. The standard InChI is InChI=1S/C17H24N6O/c1-13-6-7-15(22(13)2)11-20-17(24)21-14-5-3-10-23(12-14)16-18-8-4-9-19-16/h4,6-9,14H,3,5,10-12H2,1-2H3,(H2,20,21,24)/t14-/m0/s1. The Hall–Kier alpha value is -2.57. The Morgan fingerprint density at radius 2 is 2.12 bits per heavy atom. The van der Waals surface area contributed by atoms with Gasteiger partial charge in [0.15, 0.2) is 0 Å². The number of rotatable bonds is 4. The maximum atomic E-state index is 12.2. The van der Waals surface area contributed by atoms with Gasteiger partial charge in [-0.05, 0) is 38.0 Å². The minimum absolute atomic E-state index is 0.109. The number of urea groups is 1. The SMILES string of the molecule is Cc1ccc(CNC(=O)N[C@H]2CCCN(c3ncccn3)C2)n1C. The highest BCUT2D eigenvalue weighted by Crippen LogP contribution is 2.15. The predicted molar refractivity (Wildman–Crippen MR) is 92.8 cm³/mol. The largest absolute Gasteiger partial charge is 0.350 e. The summed E-state index contributed by atoms with van der Waals surface area (Å²) in [6, 6.07) is 5.87. The molecule has 7 heteroatoms. The average Bonchev–Trinajstić information content (AvgIpc) is 2.93. The molecule has 2 amide bonds. The van der Waals surface area contributed by atoms with E-state index >= 15 is 0 Å². The van der Waals surface area contributed by atoms with Crippen LogP contribution in [-0.4, -0.2) is 39.7 Å². The van der Waals surface area contributed by atoms with E-state index in [4.69, 9.17) is 0 Å². The number of aryl methyl sites for hydroxylation is 1. The summed E-state index contributed by atoms with van der Waals surface area (Å²) in [4.78, 5) is 22.9. The molecule has 1 aliphatic rings. The number of anilines is 1. The first-order chi connectivity index (χ1) is 11.6. The zero-order valence-corrected chi connectivity index (χ0v) is 14.2. The van der Waals surface area contributed by atoms with E-state index in [-0.39, 0.29) is 12.1 Å². The van der Waals surface area contributed by atoms with Crippen LogP contribution in [0.3, 0.4) is 0 Å². The number of hydrogen-bond donors (Lipinski definition) is 2. The van der Waals surface area contributed by atoms with Gasteiger partial charge in [0.1, 0.15) is 0 Å². The second-order valence-electron chi connectivity index (χ2n) is 6.19. The van der Waals surface area contributed by atoms with Crippen molar-refractivity contribution < 1.29 is 4.79 Å². The van der Waals surface area contributed by atoms with Gasteiger partial charge in [0.25, 0.3) is 0 Å². The molecule has 0 bridgehead atoms. The summed E-state index contributed by atoms with van der Waals surface area (Å²) in [6.07, 6.45) is 5.47. The summed E-state index contributed by atoms with van der Waals surface area (Å²) in [5, 5.41) is 5.99. The number of carbonyl (C=O) groups excluding carboxylic acids is 1. The van der Waals surface area contributed by atoms with Crippen LogP contribution in [0.4, 0.5) is 10.7 Å². The predicted octanol–water partition coefficient (Wildman–Crippen LogP) is 1.59. The highest BCUT2D eigenvalue weighted by atomic mass is 16.2. The molecule has 2 aromatic rings. The number of nitrogens with zero attached hydrogens (tertiary/aromatic N) is 4. The third kappa shape index (κ3) is 3.84. The molecule has 3 heterocycles. The van der Waals surface area contributed by atoms with Crippen molar-refractivity contribution in [2.24, 2.45) is 7.05 Å². The molecule has 128 valence electrons. The van der Waals surface area contributed by atoms with Gasteiger partial charge >= 0.3 is 6.03 Å². The average molecular weight is 328 g/mol. The van der Waals surface area contributed by atoms with E-state index in [0.29, 0.717) is 6.54 Å². The summed E-state index contributed by atoms with van der Waals surface area (Å²) in [7, 11) is 2.00. The fraction of sp³-hybridized carbons (Fsp3) is 0.471. The number of aromatic nitrogens is 3. The van der Waals surface area contributed by atoms with Crippen molar-refractivity contribution >= 4 is 12.0 Å². The summed E-state index contributed by atoms with van der Waals surface area (Å²) in [5.41, 5.74) is 2.27. The van der Waals surface area contributed by atoms with Crippen molar-refractivity contribution in [3.8, 4) is 0 Å². The molecule has 1 aliphatic heterocycles. The van der Waals surface area contributed by atoms with Crippen LogP contribution in [0.1, 0.15) is 24.2 Å². The molecule has 24 heavy (non-hydrogen) atoms. The van der Waals surface area contributed by atoms with E-state index in [9.17, 15) is 4.79 Å². The lowest BCUT2D eigenvalue weighted by Gasteiger charge is -2.33. The number of hydrogen-bond acceptors (Lipinski definition) is 4. The molecule has 7 nitrogen and oxygen atoms in total. The van der Waals surface area contributed by atoms with Crippen molar-refractivity contribution in [2.75, 3.05) is 18.0 Å². The van der Waals surface area contributed by atoms with Crippen molar-refractivity contribution in [1.82, 2.24) is 25.2 Å². The second kappa shape index (κ2) is 7.33. The van der Waals surface area contributed by atoms with Gasteiger partial charge in [0.2, 0.25) is 5.95 Å². The third-order valence-corrected chi connectivity index (χ3v) is 4.50. The normalized spacial score (nSPS) is 17.6. The minimum Gasteiger partial charge on any atom is -0.350 e. The molecule has 0 radical (unpaired) electrons. The lowest BCUT2D eigenvalue weighted by Crippen LogP contribution is -2.50. The Morgan fingerprint density at radius 3 is 2.83 bits per heavy atom. The van der Waals surface area contributed by atoms with E-state index in [1.54, 1.807) is 12.4 Å². The molecule has 2 N–H and O–H groups in total. The summed E-state index contributed by atoms with van der Waals surface area (Å²) < 4.78 is 2.08. The fourth-order valence-electron chi connectivity index (χ4n) is 2.98. The first-order valence-electron chi connectivity index (χ1n) is 8.31. The van der Waals surface area contributed by atoms with Gasteiger partial charge in [-0.3, -0.25) is 0 Å². The third-order valence-electron chi connectivity index (χ3n) is 4.50. The van der Waals surface area contributed by atoms with E-state index < -0.39 is 0 Å². The van der Waals surface area contributed by atoms with E-state index in [1.807, 2.05) is 32.2 Å².